The zero-order valence-electron chi connectivity index (χ0n) is 21.8. The smallest absolute Gasteiger partial charge is 0.277 e. The van der Waals surface area contributed by atoms with Gasteiger partial charge in [-0.05, 0) is 36.6 Å². The molecule has 0 radical (unpaired) electrons. The van der Waals surface area contributed by atoms with Gasteiger partial charge in [-0.2, -0.15) is 5.10 Å². The van der Waals surface area contributed by atoms with Crippen molar-refractivity contribution in [2.45, 2.75) is 25.3 Å². The molecule has 1 aromatic carbocycles. The summed E-state index contributed by atoms with van der Waals surface area (Å²) in [6, 6.07) is 7.00. The normalized spacial score (nSPS) is 15.3. The van der Waals surface area contributed by atoms with E-state index < -0.39 is 5.91 Å². The van der Waals surface area contributed by atoms with Crippen molar-refractivity contribution < 1.29 is 14.4 Å². The minimum absolute atomic E-state index is 0.0412. The van der Waals surface area contributed by atoms with Crippen molar-refractivity contribution in [3.63, 3.8) is 0 Å². The van der Waals surface area contributed by atoms with Crippen LogP contribution in [-0.2, 0) is 16.0 Å². The summed E-state index contributed by atoms with van der Waals surface area (Å²) in [6.45, 7) is 4.62. The summed E-state index contributed by atoms with van der Waals surface area (Å²) in [5, 5.41) is 8.65. The second-order valence-electron chi connectivity index (χ2n) is 9.63. The molecule has 39 heavy (non-hydrogen) atoms. The van der Waals surface area contributed by atoms with E-state index in [0.29, 0.717) is 35.3 Å². The number of hydrogen-bond donors (Lipinski definition) is 2. The maximum absolute atomic E-state index is 13.6. The summed E-state index contributed by atoms with van der Waals surface area (Å²) < 4.78 is 1.66. The molecule has 0 unspecified atom stereocenters. The number of carbonyl (C=O) groups is 3. The molecule has 3 N–H and O–H groups in total. The lowest BCUT2D eigenvalue weighted by atomic mass is 10.0. The minimum Gasteiger partial charge on any atom is -0.383 e. The van der Waals surface area contributed by atoms with E-state index in [4.69, 9.17) is 5.73 Å². The van der Waals surface area contributed by atoms with Gasteiger partial charge in [-0.1, -0.05) is 18.7 Å². The number of fused-ring (bicyclic) bond motifs is 2. The van der Waals surface area contributed by atoms with Crippen molar-refractivity contribution in [2.24, 2.45) is 0 Å². The van der Waals surface area contributed by atoms with Gasteiger partial charge in [-0.3, -0.25) is 19.4 Å². The van der Waals surface area contributed by atoms with Crippen molar-refractivity contribution in [3.8, 4) is 0 Å². The number of rotatable bonds is 6. The first-order valence-corrected chi connectivity index (χ1v) is 12.6. The van der Waals surface area contributed by atoms with Gasteiger partial charge in [0.15, 0.2) is 11.3 Å². The summed E-state index contributed by atoms with van der Waals surface area (Å²) in [7, 11) is 3.41. The molecule has 1 atom stereocenters. The van der Waals surface area contributed by atoms with Gasteiger partial charge >= 0.3 is 0 Å². The Morgan fingerprint density at radius 2 is 2.03 bits per heavy atom. The number of benzene rings is 1. The van der Waals surface area contributed by atoms with Crippen LogP contribution in [0.3, 0.4) is 0 Å². The average Bonchev–Trinajstić information content (AvgIpc) is 3.34. The van der Waals surface area contributed by atoms with Crippen molar-refractivity contribution in [1.82, 2.24) is 34.5 Å². The Hall–Kier alpha value is -4.87. The molecular weight excluding hydrogens is 498 g/mol. The van der Waals surface area contributed by atoms with Crippen LogP contribution < -0.4 is 11.1 Å². The average molecular weight is 528 g/mol. The third-order valence-electron chi connectivity index (χ3n) is 6.91. The van der Waals surface area contributed by atoms with E-state index in [1.54, 1.807) is 48.1 Å². The van der Waals surface area contributed by atoms with Gasteiger partial charge in [-0.25, -0.2) is 14.6 Å². The Morgan fingerprint density at radius 3 is 2.79 bits per heavy atom. The molecule has 3 amide bonds. The maximum Gasteiger partial charge on any atom is 0.277 e. The lowest BCUT2D eigenvalue weighted by molar-refractivity contribution is -0.128. The molecule has 0 spiro atoms. The number of hydrogen-bond acceptors (Lipinski definition) is 8. The molecule has 5 rings (SSSR count). The van der Waals surface area contributed by atoms with Crippen LogP contribution in [0.25, 0.3) is 21.9 Å². The van der Waals surface area contributed by atoms with E-state index in [9.17, 15) is 14.4 Å². The Morgan fingerprint density at radius 1 is 1.21 bits per heavy atom. The Labute approximate surface area is 224 Å². The number of carbonyl (C=O) groups excluding carboxylic acids is 3. The number of para-hydroxylation sites is 1. The summed E-state index contributed by atoms with van der Waals surface area (Å²) in [5.74, 6) is -0.565. The number of pyridine rings is 1. The molecule has 0 aliphatic carbocycles. The standard InChI is InChI=1S/C27H29N9O3/c1-4-20(37)35-12-6-7-17(14-35)36-26-22(25(28)30-15-31-26)24(33-36)27(39)32-19-9-5-8-18-16(10-11-29-23(18)19)13-21(38)34(2)3/h4-5,8-11,15,17H,1,6-7,12-14H2,2-3H3,(H,32,39)(H2,28,30,31)/t17-/m1/s1. The number of likely N-dealkylation sites (N-methyl/N-ethyl adjacent to an activating group) is 1. The van der Waals surface area contributed by atoms with E-state index in [0.717, 1.165) is 23.8 Å². The van der Waals surface area contributed by atoms with E-state index in [1.807, 2.05) is 6.07 Å². The van der Waals surface area contributed by atoms with Crippen LogP contribution >= 0.6 is 0 Å². The highest BCUT2D eigenvalue weighted by molar-refractivity contribution is 6.15. The number of piperidine rings is 1. The topological polar surface area (TPSA) is 152 Å². The quantitative estimate of drug-likeness (QED) is 0.362. The van der Waals surface area contributed by atoms with Gasteiger partial charge in [0.25, 0.3) is 5.91 Å². The molecule has 4 aromatic rings. The molecule has 0 saturated carbocycles. The Bertz CT molecular complexity index is 1610. The number of nitrogen functional groups attached to an aromatic ring is 1. The van der Waals surface area contributed by atoms with Gasteiger partial charge in [0.1, 0.15) is 12.1 Å². The highest BCUT2D eigenvalue weighted by Crippen LogP contribution is 2.30. The van der Waals surface area contributed by atoms with Crippen LogP contribution in [0.4, 0.5) is 11.5 Å². The molecule has 1 saturated heterocycles. The first kappa shape index (κ1) is 25.8. The van der Waals surface area contributed by atoms with Crippen LogP contribution in [0.15, 0.2) is 49.4 Å². The van der Waals surface area contributed by atoms with Crippen molar-refractivity contribution in [2.75, 3.05) is 38.2 Å². The van der Waals surface area contributed by atoms with Gasteiger partial charge in [0, 0.05) is 38.8 Å². The second-order valence-corrected chi connectivity index (χ2v) is 9.63. The Kier molecular flexibility index (Phi) is 6.92. The fourth-order valence-electron chi connectivity index (χ4n) is 4.88. The predicted octanol–water partition coefficient (Wildman–Crippen LogP) is 2.19. The highest BCUT2D eigenvalue weighted by atomic mass is 16.2. The minimum atomic E-state index is -0.501. The summed E-state index contributed by atoms with van der Waals surface area (Å²) in [4.78, 5) is 54.4. The number of nitrogens with zero attached hydrogens (tertiary/aromatic N) is 7. The zero-order valence-corrected chi connectivity index (χ0v) is 21.8. The molecule has 12 nitrogen and oxygen atoms in total. The molecule has 1 aliphatic rings. The second kappa shape index (κ2) is 10.5. The molecule has 1 aliphatic heterocycles. The predicted molar refractivity (Wildman–Crippen MR) is 147 cm³/mol. The number of nitrogens with two attached hydrogens (primary N) is 1. The summed E-state index contributed by atoms with van der Waals surface area (Å²) in [5.41, 5.74) is 8.52. The number of nitrogens with one attached hydrogen (secondary N) is 1. The maximum atomic E-state index is 13.6. The molecule has 1 fully saturated rings. The zero-order chi connectivity index (χ0) is 27.7. The van der Waals surface area contributed by atoms with Crippen molar-refractivity contribution in [1.29, 1.82) is 0 Å². The third-order valence-corrected chi connectivity index (χ3v) is 6.91. The lowest BCUT2D eigenvalue weighted by Gasteiger charge is -2.32. The molecule has 4 heterocycles. The number of amides is 3. The van der Waals surface area contributed by atoms with E-state index in [2.05, 4.69) is 31.9 Å². The van der Waals surface area contributed by atoms with Gasteiger partial charge in [-0.15, -0.1) is 0 Å². The largest absolute Gasteiger partial charge is 0.383 e. The number of likely N-dealkylation sites (tertiary alicyclic amines) is 1. The first-order chi connectivity index (χ1) is 18.8. The van der Waals surface area contributed by atoms with Crippen LogP contribution in [0.5, 0.6) is 0 Å². The molecule has 12 heteroatoms. The third kappa shape index (κ3) is 4.88. The van der Waals surface area contributed by atoms with E-state index >= 15 is 0 Å². The van der Waals surface area contributed by atoms with Crippen molar-refractivity contribution >= 4 is 51.2 Å². The van der Waals surface area contributed by atoms with Crippen LogP contribution in [-0.4, -0.2) is 79.4 Å². The van der Waals surface area contributed by atoms with E-state index in [1.165, 1.54) is 17.3 Å². The van der Waals surface area contributed by atoms with Crippen LogP contribution in [0, 0.1) is 0 Å². The summed E-state index contributed by atoms with van der Waals surface area (Å²) >= 11 is 0. The van der Waals surface area contributed by atoms with Crippen LogP contribution in [0.2, 0.25) is 0 Å². The molecule has 200 valence electrons. The fraction of sp³-hybridized carbons (Fsp3) is 0.296. The number of anilines is 2. The first-order valence-electron chi connectivity index (χ1n) is 12.6. The molecular formula is C27H29N9O3. The molecule has 3 aromatic heterocycles. The number of aromatic nitrogens is 5. The van der Waals surface area contributed by atoms with Crippen molar-refractivity contribution in [3.05, 3.63) is 60.7 Å². The monoisotopic (exact) mass is 527 g/mol. The lowest BCUT2D eigenvalue weighted by Crippen LogP contribution is -2.40. The van der Waals surface area contributed by atoms with Gasteiger partial charge in [0.2, 0.25) is 11.8 Å². The highest BCUT2D eigenvalue weighted by Gasteiger charge is 2.29. The molecule has 0 bridgehead atoms. The van der Waals surface area contributed by atoms with E-state index in [-0.39, 0.29) is 35.8 Å². The van der Waals surface area contributed by atoms with Gasteiger partial charge < -0.3 is 20.9 Å². The van der Waals surface area contributed by atoms with Gasteiger partial charge in [0.05, 0.1) is 29.1 Å². The van der Waals surface area contributed by atoms with Crippen LogP contribution in [0.1, 0.15) is 34.9 Å². The SMILES string of the molecule is C=CC(=O)N1CCC[C@@H](n2nc(C(=O)Nc3cccc4c(CC(=O)N(C)C)ccnc34)c3c(N)ncnc32)C1. The summed E-state index contributed by atoms with van der Waals surface area (Å²) in [6.07, 6.45) is 5.98. The fourth-order valence-corrected chi connectivity index (χ4v) is 4.88. The Balaban J connectivity index is 1.51.